The Kier molecular flexibility index (Phi) is 5.56. The van der Waals surface area contributed by atoms with Gasteiger partial charge < -0.3 is 4.74 Å². The number of hydrazine groups is 1. The molecule has 0 saturated heterocycles. The number of nitrogens with one attached hydrogen (secondary N) is 2. The standard InChI is InChI=1S/C16H14ClF3N2O2/c1-10(24-12-6-4-5-11(17)9-12)15(23)22-21-14-8-3-2-7-13(14)16(18,19)20/h2-10,21H,1H3,(H,22,23). The highest BCUT2D eigenvalue weighted by Gasteiger charge is 2.33. The molecular weight excluding hydrogens is 345 g/mol. The first-order chi connectivity index (χ1) is 11.3. The summed E-state index contributed by atoms with van der Waals surface area (Å²) in [6, 6.07) is 11.3. The number of para-hydroxylation sites is 1. The Balaban J connectivity index is 1.98. The summed E-state index contributed by atoms with van der Waals surface area (Å²) in [6.07, 6.45) is -5.47. The lowest BCUT2D eigenvalue weighted by atomic mass is 10.2. The number of carbonyl (C=O) groups excluding carboxylic acids is 1. The number of hydrogen-bond donors (Lipinski definition) is 2. The zero-order valence-electron chi connectivity index (χ0n) is 12.5. The van der Waals surface area contributed by atoms with Crippen molar-refractivity contribution in [3.63, 3.8) is 0 Å². The molecule has 2 rings (SSSR count). The van der Waals surface area contributed by atoms with Gasteiger partial charge in [0.1, 0.15) is 5.75 Å². The number of rotatable bonds is 5. The van der Waals surface area contributed by atoms with Crippen LogP contribution in [0.4, 0.5) is 18.9 Å². The van der Waals surface area contributed by atoms with E-state index in [1.54, 1.807) is 18.2 Å². The van der Waals surface area contributed by atoms with Crippen LogP contribution < -0.4 is 15.6 Å². The fraction of sp³-hybridized carbons (Fsp3) is 0.188. The Hall–Kier alpha value is -2.41. The van der Waals surface area contributed by atoms with Crippen molar-refractivity contribution in [3.8, 4) is 5.75 Å². The van der Waals surface area contributed by atoms with Crippen LogP contribution in [0.3, 0.4) is 0 Å². The molecule has 2 aromatic rings. The number of ether oxygens (including phenoxy) is 1. The molecule has 0 aliphatic rings. The molecule has 1 atom stereocenters. The van der Waals surface area contributed by atoms with Crippen LogP contribution in [-0.2, 0) is 11.0 Å². The maximum Gasteiger partial charge on any atom is 0.418 e. The second kappa shape index (κ2) is 7.44. The third kappa shape index (κ3) is 4.79. The van der Waals surface area contributed by atoms with Crippen molar-refractivity contribution in [2.45, 2.75) is 19.2 Å². The smallest absolute Gasteiger partial charge is 0.418 e. The van der Waals surface area contributed by atoms with Crippen LogP contribution in [0.15, 0.2) is 48.5 Å². The fourth-order valence-electron chi connectivity index (χ4n) is 1.87. The third-order valence-corrected chi connectivity index (χ3v) is 3.27. The van der Waals surface area contributed by atoms with E-state index in [4.69, 9.17) is 16.3 Å². The molecule has 0 aliphatic heterocycles. The van der Waals surface area contributed by atoms with Gasteiger partial charge in [0.2, 0.25) is 0 Å². The molecule has 24 heavy (non-hydrogen) atoms. The Morgan fingerprint density at radius 1 is 1.17 bits per heavy atom. The van der Waals surface area contributed by atoms with E-state index in [9.17, 15) is 18.0 Å². The van der Waals surface area contributed by atoms with Gasteiger partial charge >= 0.3 is 6.18 Å². The number of benzene rings is 2. The Morgan fingerprint density at radius 3 is 2.54 bits per heavy atom. The van der Waals surface area contributed by atoms with Crippen LogP contribution in [0.25, 0.3) is 0 Å². The van der Waals surface area contributed by atoms with Crippen LogP contribution >= 0.6 is 11.6 Å². The zero-order chi connectivity index (χ0) is 17.7. The number of hydrogen-bond acceptors (Lipinski definition) is 3. The number of alkyl halides is 3. The third-order valence-electron chi connectivity index (χ3n) is 3.03. The summed E-state index contributed by atoms with van der Waals surface area (Å²) in [5.41, 5.74) is 3.33. The molecule has 1 amide bonds. The number of halogens is 4. The minimum absolute atomic E-state index is 0.256. The van der Waals surface area contributed by atoms with E-state index in [0.717, 1.165) is 6.07 Å². The van der Waals surface area contributed by atoms with E-state index in [2.05, 4.69) is 10.9 Å². The Morgan fingerprint density at radius 2 is 1.88 bits per heavy atom. The van der Waals surface area contributed by atoms with Gasteiger partial charge in [0.15, 0.2) is 6.10 Å². The largest absolute Gasteiger partial charge is 0.481 e. The zero-order valence-corrected chi connectivity index (χ0v) is 13.3. The van der Waals surface area contributed by atoms with Crippen molar-refractivity contribution in [1.82, 2.24) is 5.43 Å². The predicted molar refractivity (Wildman–Crippen MR) is 84.8 cm³/mol. The quantitative estimate of drug-likeness (QED) is 0.785. The highest BCUT2D eigenvalue weighted by Crippen LogP contribution is 2.34. The molecular formula is C16H14ClF3N2O2. The lowest BCUT2D eigenvalue weighted by Crippen LogP contribution is -2.40. The van der Waals surface area contributed by atoms with E-state index in [0.29, 0.717) is 10.8 Å². The van der Waals surface area contributed by atoms with Gasteiger partial charge in [-0.2, -0.15) is 13.2 Å². The first-order valence-electron chi connectivity index (χ1n) is 6.91. The molecule has 0 saturated carbocycles. The molecule has 0 heterocycles. The molecule has 0 radical (unpaired) electrons. The van der Waals surface area contributed by atoms with Crippen molar-refractivity contribution in [3.05, 3.63) is 59.1 Å². The second-order valence-electron chi connectivity index (χ2n) is 4.88. The Bertz CT molecular complexity index is 722. The molecule has 128 valence electrons. The predicted octanol–water partition coefficient (Wildman–Crippen LogP) is 4.27. The van der Waals surface area contributed by atoms with Crippen molar-refractivity contribution in [2.24, 2.45) is 0 Å². The molecule has 1 unspecified atom stereocenters. The van der Waals surface area contributed by atoms with Gasteiger partial charge in [-0.1, -0.05) is 29.8 Å². The molecule has 0 aliphatic carbocycles. The summed E-state index contributed by atoms with van der Waals surface area (Å²) in [5.74, 6) is -0.257. The molecule has 0 fully saturated rings. The lowest BCUT2D eigenvalue weighted by molar-refractivity contribution is -0.137. The summed E-state index contributed by atoms with van der Waals surface area (Å²) in [6.45, 7) is 1.47. The second-order valence-corrected chi connectivity index (χ2v) is 5.31. The van der Waals surface area contributed by atoms with Gasteiger partial charge in [0.25, 0.3) is 5.91 Å². The highest BCUT2D eigenvalue weighted by molar-refractivity contribution is 6.30. The van der Waals surface area contributed by atoms with Crippen molar-refractivity contribution >= 4 is 23.2 Å². The molecule has 8 heteroatoms. The fourth-order valence-corrected chi connectivity index (χ4v) is 2.05. The van der Waals surface area contributed by atoms with Crippen molar-refractivity contribution in [2.75, 3.05) is 5.43 Å². The molecule has 0 spiro atoms. The van der Waals surface area contributed by atoms with Crippen LogP contribution in [-0.4, -0.2) is 12.0 Å². The monoisotopic (exact) mass is 358 g/mol. The summed E-state index contributed by atoms with van der Waals surface area (Å²) in [5, 5.41) is 0.442. The molecule has 2 N–H and O–H groups in total. The molecule has 0 aromatic heterocycles. The summed E-state index contributed by atoms with van der Waals surface area (Å²) >= 11 is 5.81. The summed E-state index contributed by atoms with van der Waals surface area (Å²) in [7, 11) is 0. The lowest BCUT2D eigenvalue weighted by Gasteiger charge is -2.18. The van der Waals surface area contributed by atoms with Gasteiger partial charge in [-0.3, -0.25) is 15.6 Å². The molecule has 2 aromatic carbocycles. The van der Waals surface area contributed by atoms with E-state index < -0.39 is 23.8 Å². The molecule has 0 bridgehead atoms. The topological polar surface area (TPSA) is 50.4 Å². The van der Waals surface area contributed by atoms with E-state index >= 15 is 0 Å². The minimum Gasteiger partial charge on any atom is -0.481 e. The first-order valence-corrected chi connectivity index (χ1v) is 7.29. The van der Waals surface area contributed by atoms with E-state index in [-0.39, 0.29) is 5.69 Å². The van der Waals surface area contributed by atoms with Crippen LogP contribution in [0.5, 0.6) is 5.75 Å². The van der Waals surface area contributed by atoms with Crippen molar-refractivity contribution in [1.29, 1.82) is 0 Å². The maximum atomic E-state index is 12.9. The van der Waals surface area contributed by atoms with E-state index in [1.165, 1.54) is 31.2 Å². The first kappa shape index (κ1) is 17.9. The normalized spacial score (nSPS) is 12.4. The van der Waals surface area contributed by atoms with Crippen LogP contribution in [0.2, 0.25) is 5.02 Å². The van der Waals surface area contributed by atoms with Gasteiger partial charge in [-0.05, 0) is 37.3 Å². The maximum absolute atomic E-state index is 12.9. The van der Waals surface area contributed by atoms with Gasteiger partial charge in [-0.15, -0.1) is 0 Å². The SMILES string of the molecule is CC(Oc1cccc(Cl)c1)C(=O)NNc1ccccc1C(F)(F)F. The van der Waals surface area contributed by atoms with Gasteiger partial charge in [-0.25, -0.2) is 0 Å². The van der Waals surface area contributed by atoms with Crippen LogP contribution in [0.1, 0.15) is 12.5 Å². The summed E-state index contributed by atoms with van der Waals surface area (Å²) < 4.78 is 44.0. The van der Waals surface area contributed by atoms with Gasteiger partial charge in [0, 0.05) is 5.02 Å². The number of anilines is 1. The van der Waals surface area contributed by atoms with E-state index in [1.807, 2.05) is 0 Å². The van der Waals surface area contributed by atoms with Crippen molar-refractivity contribution < 1.29 is 22.7 Å². The average molecular weight is 359 g/mol. The minimum atomic E-state index is -4.53. The molecule has 4 nitrogen and oxygen atoms in total. The van der Waals surface area contributed by atoms with Crippen LogP contribution in [0, 0.1) is 0 Å². The Labute approximate surface area is 141 Å². The number of carbonyl (C=O) groups is 1. The highest BCUT2D eigenvalue weighted by atomic mass is 35.5. The van der Waals surface area contributed by atoms with Gasteiger partial charge in [0.05, 0.1) is 11.3 Å². The number of amides is 1. The average Bonchev–Trinajstić information content (AvgIpc) is 2.52. The summed E-state index contributed by atoms with van der Waals surface area (Å²) in [4.78, 5) is 12.0.